The van der Waals surface area contributed by atoms with Gasteiger partial charge in [-0.25, -0.2) is 14.5 Å². The summed E-state index contributed by atoms with van der Waals surface area (Å²) in [5.41, 5.74) is 8.22. The molecule has 51 heavy (non-hydrogen) atoms. The molecule has 2 rings (SSSR count). The van der Waals surface area contributed by atoms with Gasteiger partial charge in [-0.3, -0.25) is 19.2 Å². The van der Waals surface area contributed by atoms with Crippen LogP contribution in [-0.2, 0) is 40.1 Å². The number of aliphatic hydroxyl groups excluding tert-OH is 1. The smallest absolute Gasteiger partial charge is 0.417 e. The Kier molecular flexibility index (Phi) is 17.8. The summed E-state index contributed by atoms with van der Waals surface area (Å²) in [7, 11) is 1.18. The van der Waals surface area contributed by atoms with E-state index in [1.165, 1.54) is 21.0 Å². The van der Waals surface area contributed by atoms with Gasteiger partial charge >= 0.3 is 12.1 Å². The maximum atomic E-state index is 13.5. The lowest BCUT2D eigenvalue weighted by atomic mass is 9.97. The number of rotatable bonds is 19. The third-order valence-corrected chi connectivity index (χ3v) is 8.31. The Morgan fingerprint density at radius 1 is 0.863 bits per heavy atom. The van der Waals surface area contributed by atoms with Crippen molar-refractivity contribution >= 4 is 35.7 Å². The second-order valence-corrected chi connectivity index (χ2v) is 12.7. The van der Waals surface area contributed by atoms with Gasteiger partial charge in [0.2, 0.25) is 23.6 Å². The molecule has 0 saturated carbocycles. The Morgan fingerprint density at radius 3 is 2.10 bits per heavy atom. The third kappa shape index (κ3) is 12.8. The number of amides is 5. The van der Waals surface area contributed by atoms with Crippen molar-refractivity contribution in [2.45, 2.75) is 91.1 Å². The summed E-state index contributed by atoms with van der Waals surface area (Å²) in [5.74, 6) is -5.02. The first-order valence-electron chi connectivity index (χ1n) is 17.2. The molecule has 5 atom stereocenters. The Balaban J connectivity index is 2.25. The zero-order chi connectivity index (χ0) is 38.1. The van der Waals surface area contributed by atoms with Crippen molar-refractivity contribution in [2.75, 3.05) is 20.3 Å². The van der Waals surface area contributed by atoms with Crippen LogP contribution in [0.15, 0.2) is 54.6 Å². The fourth-order valence-corrected chi connectivity index (χ4v) is 5.24. The van der Waals surface area contributed by atoms with Crippen LogP contribution in [0, 0.1) is 11.8 Å². The monoisotopic (exact) mass is 711 g/mol. The zero-order valence-electron chi connectivity index (χ0n) is 30.3. The first-order valence-corrected chi connectivity index (χ1v) is 17.2. The van der Waals surface area contributed by atoms with Crippen LogP contribution in [0.3, 0.4) is 0 Å². The van der Waals surface area contributed by atoms with E-state index in [0.29, 0.717) is 16.9 Å². The molecule has 0 aliphatic heterocycles. The van der Waals surface area contributed by atoms with Gasteiger partial charge in [0.1, 0.15) is 24.7 Å². The number of carbonyl (C=O) groups is 6. The van der Waals surface area contributed by atoms with Crippen molar-refractivity contribution in [1.82, 2.24) is 20.9 Å². The minimum atomic E-state index is -1.42. The van der Waals surface area contributed by atoms with Gasteiger partial charge in [-0.2, -0.15) is 0 Å². The van der Waals surface area contributed by atoms with Crippen LogP contribution >= 0.6 is 0 Å². The minimum Gasteiger partial charge on any atom is -0.467 e. The molecule has 2 aromatic rings. The molecule has 0 bridgehead atoms. The van der Waals surface area contributed by atoms with Crippen LogP contribution in [0.1, 0.15) is 65.9 Å². The van der Waals surface area contributed by atoms with E-state index in [-0.39, 0.29) is 25.5 Å². The molecule has 280 valence electrons. The fraction of sp³-hybridized carbons (Fsp3) is 0.514. The maximum absolute atomic E-state index is 13.5. The summed E-state index contributed by atoms with van der Waals surface area (Å²) in [6.45, 7) is 6.85. The van der Waals surface area contributed by atoms with Gasteiger partial charge in [-0.15, -0.1) is 0 Å². The molecule has 3 unspecified atom stereocenters. The molecule has 0 aliphatic carbocycles. The number of ether oxygens (including phenoxy) is 2. The number of hydrogen-bond acceptors (Lipinski definition) is 10. The van der Waals surface area contributed by atoms with E-state index < -0.39 is 72.4 Å². The number of nitrogens with two attached hydrogens (primary N) is 1. The van der Waals surface area contributed by atoms with Gasteiger partial charge in [0.05, 0.1) is 19.8 Å². The predicted molar refractivity (Wildman–Crippen MR) is 190 cm³/mol. The van der Waals surface area contributed by atoms with E-state index >= 15 is 0 Å². The standard InChI is InChI=1S/C37H53N5O9/c1-7-8-10-19-30(44)40-32(34(46)41-31(23(2)3)36(48)50-6)28(21-43)20-39-33(45)25(5)42(35(47)24(4)38)37(49)51-22-27-17-13-14-18-29(27)26-15-11-9-12-16-26/h9,11-18,23-25,28,31-32,43H,7-8,10,19-22,38H2,1-6H3,(H,39,45)(H,40,44)(H,41,46)/t24-,25-,28?,31?,32?/m0/s1. The van der Waals surface area contributed by atoms with Crippen molar-refractivity contribution in [1.29, 1.82) is 0 Å². The van der Waals surface area contributed by atoms with Crippen molar-refractivity contribution in [3.05, 3.63) is 60.2 Å². The fourth-order valence-electron chi connectivity index (χ4n) is 5.24. The highest BCUT2D eigenvalue weighted by atomic mass is 16.6. The quantitative estimate of drug-likeness (QED) is 0.106. The summed E-state index contributed by atoms with van der Waals surface area (Å²) in [4.78, 5) is 79.3. The number of nitrogens with zero attached hydrogens (tertiary/aromatic N) is 1. The number of unbranched alkanes of at least 4 members (excludes halogenated alkanes) is 2. The van der Waals surface area contributed by atoms with E-state index in [1.807, 2.05) is 49.4 Å². The van der Waals surface area contributed by atoms with Crippen molar-refractivity contribution < 1.29 is 43.3 Å². The average molecular weight is 712 g/mol. The molecule has 0 radical (unpaired) electrons. The maximum Gasteiger partial charge on any atom is 0.417 e. The Bertz CT molecular complexity index is 1470. The number of methoxy groups -OCH3 is 1. The molecule has 0 aliphatic rings. The van der Waals surface area contributed by atoms with Crippen LogP contribution in [0.4, 0.5) is 4.79 Å². The van der Waals surface area contributed by atoms with Crippen LogP contribution in [-0.4, -0.2) is 90.1 Å². The van der Waals surface area contributed by atoms with Crippen molar-refractivity contribution in [3.63, 3.8) is 0 Å². The topological polar surface area (TPSA) is 206 Å². The van der Waals surface area contributed by atoms with Gasteiger partial charge in [0.15, 0.2) is 0 Å². The predicted octanol–water partition coefficient (Wildman–Crippen LogP) is 2.66. The second kappa shape index (κ2) is 21.4. The Labute approximate surface area is 299 Å². The normalized spacial score (nSPS) is 13.9. The largest absolute Gasteiger partial charge is 0.467 e. The summed E-state index contributed by atoms with van der Waals surface area (Å²) in [5, 5.41) is 18.1. The molecular weight excluding hydrogens is 658 g/mol. The summed E-state index contributed by atoms with van der Waals surface area (Å²) >= 11 is 0. The van der Waals surface area contributed by atoms with Crippen molar-refractivity contribution in [2.24, 2.45) is 17.6 Å². The van der Waals surface area contributed by atoms with E-state index in [4.69, 9.17) is 15.2 Å². The lowest BCUT2D eigenvalue weighted by Crippen LogP contribution is -2.59. The molecule has 0 fully saturated rings. The number of aliphatic hydroxyl groups is 1. The molecular formula is C37H53N5O9. The van der Waals surface area contributed by atoms with Gasteiger partial charge < -0.3 is 36.3 Å². The summed E-state index contributed by atoms with van der Waals surface area (Å²) in [6.07, 6.45) is 1.25. The highest BCUT2D eigenvalue weighted by molar-refractivity contribution is 6.00. The number of carbonyl (C=O) groups excluding carboxylic acids is 6. The first kappa shape index (κ1) is 42.3. The molecule has 0 heterocycles. The first-order chi connectivity index (χ1) is 24.3. The van der Waals surface area contributed by atoms with E-state index in [9.17, 15) is 33.9 Å². The highest BCUT2D eigenvalue weighted by Crippen LogP contribution is 2.24. The lowest BCUT2D eigenvalue weighted by Gasteiger charge is -2.30. The van der Waals surface area contributed by atoms with Gasteiger partial charge in [0.25, 0.3) is 0 Å². The molecule has 14 heteroatoms. The molecule has 2 aromatic carbocycles. The Hall–Kier alpha value is -4.82. The van der Waals surface area contributed by atoms with Crippen LogP contribution in [0.25, 0.3) is 11.1 Å². The minimum absolute atomic E-state index is 0.121. The third-order valence-electron chi connectivity index (χ3n) is 8.31. The molecule has 0 saturated heterocycles. The number of esters is 1. The van der Waals surface area contributed by atoms with Crippen LogP contribution < -0.4 is 21.7 Å². The SMILES string of the molecule is CCCCCC(=O)NC(C(=O)NC(C(=O)OC)C(C)C)C(CO)CNC(=O)[C@H](C)N(C(=O)OCc1ccccc1-c1ccccc1)C(=O)[C@H](C)N. The summed E-state index contributed by atoms with van der Waals surface area (Å²) in [6, 6.07) is 11.8. The van der Waals surface area contributed by atoms with Crippen LogP contribution in [0.2, 0.25) is 0 Å². The number of nitrogens with one attached hydrogen (secondary N) is 3. The number of hydrogen-bond donors (Lipinski definition) is 5. The Morgan fingerprint density at radius 2 is 1.51 bits per heavy atom. The van der Waals surface area contributed by atoms with E-state index in [1.54, 1.807) is 26.0 Å². The molecule has 6 N–H and O–H groups in total. The average Bonchev–Trinajstić information content (AvgIpc) is 3.12. The lowest BCUT2D eigenvalue weighted by molar-refractivity contribution is -0.147. The van der Waals surface area contributed by atoms with E-state index in [0.717, 1.165) is 24.0 Å². The zero-order valence-corrected chi connectivity index (χ0v) is 30.3. The molecule has 0 spiro atoms. The number of imide groups is 1. The van der Waals surface area contributed by atoms with Gasteiger partial charge in [-0.1, -0.05) is 88.2 Å². The highest BCUT2D eigenvalue weighted by Gasteiger charge is 2.37. The second-order valence-electron chi connectivity index (χ2n) is 12.7. The van der Waals surface area contributed by atoms with Crippen molar-refractivity contribution in [3.8, 4) is 11.1 Å². The van der Waals surface area contributed by atoms with Gasteiger partial charge in [-0.05, 0) is 42.9 Å². The molecule has 0 aromatic heterocycles. The van der Waals surface area contributed by atoms with E-state index in [2.05, 4.69) is 16.0 Å². The van der Waals surface area contributed by atoms with Crippen LogP contribution in [0.5, 0.6) is 0 Å². The van der Waals surface area contributed by atoms with Gasteiger partial charge in [0, 0.05) is 18.9 Å². The molecule has 14 nitrogen and oxygen atoms in total. The number of benzene rings is 2. The summed E-state index contributed by atoms with van der Waals surface area (Å²) < 4.78 is 10.3. The molecule has 5 amide bonds.